The topological polar surface area (TPSA) is 49.8 Å². The highest BCUT2D eigenvalue weighted by molar-refractivity contribution is 5.79. The average molecular weight is 263 g/mol. The van der Waals surface area contributed by atoms with E-state index in [0.29, 0.717) is 0 Å². The summed E-state index contributed by atoms with van der Waals surface area (Å²) in [5, 5.41) is 8.71. The van der Waals surface area contributed by atoms with E-state index in [1.165, 1.54) is 6.08 Å². The number of rotatable bonds is 6. The minimum Gasteiger partial charge on any atom is -0.491 e. The quantitative estimate of drug-likeness (QED) is 0.802. The van der Waals surface area contributed by atoms with Gasteiger partial charge in [-0.2, -0.15) is 0 Å². The lowest BCUT2D eigenvalue weighted by molar-refractivity contribution is -0.131. The molecule has 0 aliphatic carbocycles. The molecule has 1 rings (SSSR count). The normalized spacial score (nSPS) is 13.2. The van der Waals surface area contributed by atoms with Crippen LogP contribution < -0.4 is 4.74 Å². The number of carboxylic acids is 1. The Bertz CT molecular complexity index is 435. The molecule has 1 N–H and O–H groups in total. The van der Waals surface area contributed by atoms with Crippen molar-refractivity contribution in [3.63, 3.8) is 0 Å². The fraction of sp³-hybridized carbons (Fsp3) is 0.400. The van der Waals surface area contributed by atoms with E-state index < -0.39 is 5.97 Å². The van der Waals surface area contributed by atoms with Gasteiger partial charge in [-0.15, -0.1) is 0 Å². The second kappa shape index (κ2) is 6.95. The molecule has 4 heteroatoms. The predicted molar refractivity (Wildman–Crippen MR) is 75.4 cm³/mol. The van der Waals surface area contributed by atoms with Crippen molar-refractivity contribution in [2.24, 2.45) is 0 Å². The van der Waals surface area contributed by atoms with Crippen molar-refractivity contribution in [2.75, 3.05) is 14.1 Å². The molecule has 0 aliphatic rings. The number of likely N-dealkylation sites (N-methyl/N-ethyl adjacent to an activating group) is 1. The largest absolute Gasteiger partial charge is 0.491 e. The summed E-state index contributed by atoms with van der Waals surface area (Å²) >= 11 is 0. The van der Waals surface area contributed by atoms with Crippen LogP contribution in [-0.2, 0) is 4.79 Å². The van der Waals surface area contributed by atoms with Crippen LogP contribution in [0.3, 0.4) is 0 Å². The molecule has 0 saturated carbocycles. The van der Waals surface area contributed by atoms with Crippen LogP contribution in [-0.4, -0.2) is 36.2 Å². The van der Waals surface area contributed by atoms with Crippen molar-refractivity contribution in [1.82, 2.24) is 4.90 Å². The number of carboxylic acid groups (broad SMARTS) is 1. The van der Waals surface area contributed by atoms with Crippen LogP contribution in [0.15, 0.2) is 36.4 Å². The Hall–Kier alpha value is -1.81. The molecule has 0 amide bonds. The van der Waals surface area contributed by atoms with Gasteiger partial charge >= 0.3 is 5.97 Å². The molecule has 4 nitrogen and oxygen atoms in total. The maximum Gasteiger partial charge on any atom is 0.328 e. The first kappa shape index (κ1) is 15.2. The van der Waals surface area contributed by atoms with Gasteiger partial charge in [-0.25, -0.2) is 4.79 Å². The molecule has 19 heavy (non-hydrogen) atoms. The van der Waals surface area contributed by atoms with Crippen molar-refractivity contribution in [3.8, 4) is 5.75 Å². The lowest BCUT2D eigenvalue weighted by atomic mass is 10.1. The minimum absolute atomic E-state index is 0.0656. The fourth-order valence-electron chi connectivity index (χ4n) is 1.77. The van der Waals surface area contributed by atoms with Gasteiger partial charge in [0.05, 0.1) is 12.1 Å². The molecular formula is C15H21NO3. The summed E-state index contributed by atoms with van der Waals surface area (Å²) in [5.41, 5.74) is 1.03. The van der Waals surface area contributed by atoms with E-state index in [-0.39, 0.29) is 12.1 Å². The molecule has 0 aliphatic heterocycles. The molecule has 104 valence electrons. The van der Waals surface area contributed by atoms with Crippen LogP contribution in [0.1, 0.15) is 25.5 Å². The van der Waals surface area contributed by atoms with Crippen molar-refractivity contribution in [2.45, 2.75) is 26.0 Å². The van der Waals surface area contributed by atoms with Crippen molar-refractivity contribution >= 4 is 5.97 Å². The van der Waals surface area contributed by atoms with E-state index in [1.807, 2.05) is 57.1 Å². The summed E-state index contributed by atoms with van der Waals surface area (Å²) in [6, 6.07) is 7.65. The summed E-state index contributed by atoms with van der Waals surface area (Å²) < 4.78 is 5.58. The summed E-state index contributed by atoms with van der Waals surface area (Å²) in [5.74, 6) is -0.120. The zero-order valence-electron chi connectivity index (χ0n) is 11.8. The monoisotopic (exact) mass is 263 g/mol. The molecule has 0 bridgehead atoms. The third-order valence-electron chi connectivity index (χ3n) is 2.57. The van der Waals surface area contributed by atoms with E-state index in [4.69, 9.17) is 9.84 Å². The highest BCUT2D eigenvalue weighted by atomic mass is 16.5. The van der Waals surface area contributed by atoms with Crippen LogP contribution in [0.2, 0.25) is 0 Å². The highest BCUT2D eigenvalue weighted by Gasteiger charge is 2.11. The number of benzene rings is 1. The zero-order chi connectivity index (χ0) is 14.4. The lowest BCUT2D eigenvalue weighted by Crippen LogP contribution is -2.18. The van der Waals surface area contributed by atoms with E-state index in [2.05, 4.69) is 0 Å². The van der Waals surface area contributed by atoms with Crippen molar-refractivity contribution < 1.29 is 14.6 Å². The standard InChI is InChI=1S/C15H21NO3/c1-11(2)19-13-7-5-12(6-8-13)14(16(3)4)9-10-15(17)18/h5-11,14H,1-4H3,(H,17,18)/b10-9+. The average Bonchev–Trinajstić information content (AvgIpc) is 2.29. The Morgan fingerprint density at radius 2 is 1.84 bits per heavy atom. The second-order valence-electron chi connectivity index (χ2n) is 4.84. The number of ether oxygens (including phenoxy) is 1. The molecule has 0 spiro atoms. The van der Waals surface area contributed by atoms with Crippen LogP contribution in [0.4, 0.5) is 0 Å². The molecule has 0 radical (unpaired) electrons. The number of aliphatic carboxylic acids is 1. The molecule has 0 aromatic heterocycles. The first-order valence-electron chi connectivity index (χ1n) is 6.24. The lowest BCUT2D eigenvalue weighted by Gasteiger charge is -2.21. The molecule has 1 aromatic rings. The second-order valence-corrected chi connectivity index (χ2v) is 4.84. The zero-order valence-corrected chi connectivity index (χ0v) is 11.8. The van der Waals surface area contributed by atoms with Gasteiger partial charge in [-0.05, 0) is 45.6 Å². The first-order valence-corrected chi connectivity index (χ1v) is 6.24. The molecule has 0 fully saturated rings. The van der Waals surface area contributed by atoms with Gasteiger partial charge in [0.25, 0.3) is 0 Å². The number of nitrogens with zero attached hydrogens (tertiary/aromatic N) is 1. The Balaban J connectivity index is 2.88. The van der Waals surface area contributed by atoms with Crippen LogP contribution in [0.25, 0.3) is 0 Å². The molecule has 1 atom stereocenters. The smallest absolute Gasteiger partial charge is 0.328 e. The molecular weight excluding hydrogens is 242 g/mol. The van der Waals surface area contributed by atoms with Crippen LogP contribution in [0.5, 0.6) is 5.75 Å². The van der Waals surface area contributed by atoms with E-state index in [0.717, 1.165) is 11.3 Å². The van der Waals surface area contributed by atoms with Crippen LogP contribution in [0, 0.1) is 0 Å². The number of hydrogen-bond donors (Lipinski definition) is 1. The van der Waals surface area contributed by atoms with Gasteiger partial charge in [0.2, 0.25) is 0 Å². The predicted octanol–water partition coefficient (Wildman–Crippen LogP) is 2.72. The fourth-order valence-corrected chi connectivity index (χ4v) is 1.77. The highest BCUT2D eigenvalue weighted by Crippen LogP contribution is 2.23. The van der Waals surface area contributed by atoms with Gasteiger partial charge in [-0.1, -0.05) is 18.2 Å². The van der Waals surface area contributed by atoms with Gasteiger partial charge in [0, 0.05) is 6.08 Å². The van der Waals surface area contributed by atoms with Gasteiger partial charge < -0.3 is 9.84 Å². The Morgan fingerprint density at radius 3 is 2.26 bits per heavy atom. The Kier molecular flexibility index (Phi) is 5.57. The summed E-state index contributed by atoms with van der Waals surface area (Å²) in [7, 11) is 3.82. The third-order valence-corrected chi connectivity index (χ3v) is 2.57. The summed E-state index contributed by atoms with van der Waals surface area (Å²) in [6.07, 6.45) is 2.98. The third kappa shape index (κ3) is 5.14. The van der Waals surface area contributed by atoms with Crippen LogP contribution >= 0.6 is 0 Å². The van der Waals surface area contributed by atoms with E-state index in [1.54, 1.807) is 6.08 Å². The molecule has 1 unspecified atom stereocenters. The Morgan fingerprint density at radius 1 is 1.26 bits per heavy atom. The molecule has 0 heterocycles. The maximum absolute atomic E-state index is 10.6. The number of carbonyl (C=O) groups is 1. The maximum atomic E-state index is 10.6. The van der Waals surface area contributed by atoms with Gasteiger partial charge in [-0.3, -0.25) is 4.90 Å². The Labute approximate surface area is 114 Å². The van der Waals surface area contributed by atoms with E-state index >= 15 is 0 Å². The van der Waals surface area contributed by atoms with Gasteiger partial charge in [0.1, 0.15) is 5.75 Å². The summed E-state index contributed by atoms with van der Waals surface area (Å²) in [6.45, 7) is 3.96. The van der Waals surface area contributed by atoms with Crippen molar-refractivity contribution in [3.05, 3.63) is 42.0 Å². The summed E-state index contributed by atoms with van der Waals surface area (Å²) in [4.78, 5) is 12.6. The first-order chi connectivity index (χ1) is 8.90. The molecule has 1 aromatic carbocycles. The SMILES string of the molecule is CC(C)Oc1ccc(C(/C=C/C(=O)O)N(C)C)cc1. The van der Waals surface area contributed by atoms with Crippen molar-refractivity contribution in [1.29, 1.82) is 0 Å². The number of hydrogen-bond acceptors (Lipinski definition) is 3. The van der Waals surface area contributed by atoms with E-state index in [9.17, 15) is 4.79 Å². The van der Waals surface area contributed by atoms with Gasteiger partial charge in [0.15, 0.2) is 0 Å². The minimum atomic E-state index is -0.938. The molecule has 0 saturated heterocycles.